The van der Waals surface area contributed by atoms with Crippen LogP contribution < -0.4 is 5.56 Å². The van der Waals surface area contributed by atoms with E-state index in [-0.39, 0.29) is 17.6 Å². The number of hydrogen-bond donors (Lipinski definition) is 0. The average Bonchev–Trinajstić information content (AvgIpc) is 3.42. The SMILES string of the molecule is O=C(C1CCCO1)N1CCc2c(n(Cc3cccnc3)n(-c3ccccc3)c2=O)C1. The maximum absolute atomic E-state index is 13.4. The van der Waals surface area contributed by atoms with Crippen LogP contribution in [-0.4, -0.2) is 44.4 Å². The van der Waals surface area contributed by atoms with Crippen molar-refractivity contribution in [2.75, 3.05) is 13.2 Å². The second-order valence-corrected chi connectivity index (χ2v) is 7.81. The van der Waals surface area contributed by atoms with Crippen LogP contribution in [0.3, 0.4) is 0 Å². The Morgan fingerprint density at radius 1 is 1.17 bits per heavy atom. The van der Waals surface area contributed by atoms with Gasteiger partial charge in [-0.15, -0.1) is 0 Å². The van der Waals surface area contributed by atoms with Gasteiger partial charge in [0, 0.05) is 31.1 Å². The predicted molar refractivity (Wildman–Crippen MR) is 111 cm³/mol. The molecule has 0 bridgehead atoms. The summed E-state index contributed by atoms with van der Waals surface area (Å²) in [7, 11) is 0. The van der Waals surface area contributed by atoms with Gasteiger partial charge in [-0.05, 0) is 43.0 Å². The number of amides is 1. The van der Waals surface area contributed by atoms with Crippen molar-refractivity contribution in [2.45, 2.75) is 38.5 Å². The van der Waals surface area contributed by atoms with Crippen molar-refractivity contribution in [3.05, 3.63) is 82.0 Å². The molecule has 2 aliphatic rings. The lowest BCUT2D eigenvalue weighted by molar-refractivity contribution is -0.142. The molecule has 0 aliphatic carbocycles. The minimum atomic E-state index is -0.346. The zero-order chi connectivity index (χ0) is 20.5. The van der Waals surface area contributed by atoms with Crippen LogP contribution in [0.1, 0.15) is 29.7 Å². The van der Waals surface area contributed by atoms with E-state index >= 15 is 0 Å². The molecule has 1 atom stereocenters. The van der Waals surface area contributed by atoms with E-state index in [2.05, 4.69) is 4.98 Å². The molecule has 0 radical (unpaired) electrons. The van der Waals surface area contributed by atoms with Crippen molar-refractivity contribution in [1.29, 1.82) is 0 Å². The third-order valence-corrected chi connectivity index (χ3v) is 5.90. The van der Waals surface area contributed by atoms with Gasteiger partial charge in [-0.2, -0.15) is 0 Å². The quantitative estimate of drug-likeness (QED) is 0.668. The van der Waals surface area contributed by atoms with Crippen LogP contribution in [0.15, 0.2) is 59.7 Å². The molecule has 1 unspecified atom stereocenters. The molecule has 0 N–H and O–H groups in total. The van der Waals surface area contributed by atoms with E-state index in [0.29, 0.717) is 32.7 Å². The highest BCUT2D eigenvalue weighted by Crippen LogP contribution is 2.23. The van der Waals surface area contributed by atoms with Gasteiger partial charge in [-0.25, -0.2) is 4.68 Å². The highest BCUT2D eigenvalue weighted by molar-refractivity contribution is 5.81. The number of hydrogen-bond acceptors (Lipinski definition) is 4. The summed E-state index contributed by atoms with van der Waals surface area (Å²) in [6.45, 7) is 2.12. The molecular weight excluding hydrogens is 380 g/mol. The second-order valence-electron chi connectivity index (χ2n) is 7.81. The van der Waals surface area contributed by atoms with Gasteiger partial charge in [0.25, 0.3) is 11.5 Å². The normalized spacial score (nSPS) is 18.4. The third-order valence-electron chi connectivity index (χ3n) is 5.90. The molecule has 1 saturated heterocycles. The van der Waals surface area contributed by atoms with Gasteiger partial charge in [0.2, 0.25) is 0 Å². The highest BCUT2D eigenvalue weighted by Gasteiger charge is 2.33. The number of pyridine rings is 1. The number of fused-ring (bicyclic) bond motifs is 1. The number of aromatic nitrogens is 3. The van der Waals surface area contributed by atoms with Gasteiger partial charge in [0.1, 0.15) is 6.10 Å². The van der Waals surface area contributed by atoms with E-state index < -0.39 is 0 Å². The maximum Gasteiger partial charge on any atom is 0.275 e. The Morgan fingerprint density at radius 2 is 2.03 bits per heavy atom. The molecule has 4 heterocycles. The summed E-state index contributed by atoms with van der Waals surface area (Å²) in [5.41, 5.74) is 3.49. The number of ether oxygens (including phenoxy) is 1. The summed E-state index contributed by atoms with van der Waals surface area (Å²) < 4.78 is 9.34. The number of carbonyl (C=O) groups is 1. The smallest absolute Gasteiger partial charge is 0.275 e. The molecule has 30 heavy (non-hydrogen) atoms. The van der Waals surface area contributed by atoms with Crippen molar-refractivity contribution in [1.82, 2.24) is 19.2 Å². The lowest BCUT2D eigenvalue weighted by Crippen LogP contribution is -2.42. The predicted octanol–water partition coefficient (Wildman–Crippen LogP) is 2.15. The van der Waals surface area contributed by atoms with Crippen molar-refractivity contribution in [3.63, 3.8) is 0 Å². The standard InChI is InChI=1S/C23H24N4O3/c28-22-19-10-12-25(23(29)21-9-5-13-30-21)16-20(19)26(15-17-6-4-11-24-14-17)27(22)18-7-2-1-3-8-18/h1-4,6-8,11,14,21H,5,9-10,12-13,15-16H2. The fourth-order valence-electron chi connectivity index (χ4n) is 4.39. The average molecular weight is 404 g/mol. The summed E-state index contributed by atoms with van der Waals surface area (Å²) in [5, 5.41) is 0. The van der Waals surface area contributed by atoms with Crippen LogP contribution in [0.4, 0.5) is 0 Å². The Bertz CT molecular complexity index is 1100. The summed E-state index contributed by atoms with van der Waals surface area (Å²) in [5.74, 6) is 0.0333. The Kier molecular flexibility index (Phi) is 4.96. The van der Waals surface area contributed by atoms with Crippen molar-refractivity contribution >= 4 is 5.91 Å². The Balaban J connectivity index is 1.57. The molecule has 1 amide bonds. The van der Waals surface area contributed by atoms with E-state index in [4.69, 9.17) is 4.74 Å². The van der Waals surface area contributed by atoms with Gasteiger partial charge in [-0.1, -0.05) is 24.3 Å². The zero-order valence-electron chi connectivity index (χ0n) is 16.7. The van der Waals surface area contributed by atoms with E-state index in [9.17, 15) is 9.59 Å². The third kappa shape index (κ3) is 3.35. The van der Waals surface area contributed by atoms with E-state index in [1.54, 1.807) is 10.9 Å². The first-order valence-corrected chi connectivity index (χ1v) is 10.4. The minimum absolute atomic E-state index is 0.00990. The monoisotopic (exact) mass is 404 g/mol. The molecular formula is C23H24N4O3. The summed E-state index contributed by atoms with van der Waals surface area (Å²) in [6, 6.07) is 13.5. The number of rotatable bonds is 4. The molecule has 1 aromatic carbocycles. The molecule has 7 nitrogen and oxygen atoms in total. The zero-order valence-corrected chi connectivity index (χ0v) is 16.7. The molecule has 2 aromatic heterocycles. The van der Waals surface area contributed by atoms with Gasteiger partial charge < -0.3 is 9.64 Å². The Hall–Kier alpha value is -3.19. The highest BCUT2D eigenvalue weighted by atomic mass is 16.5. The Morgan fingerprint density at radius 3 is 2.77 bits per heavy atom. The first kappa shape index (κ1) is 18.8. The van der Waals surface area contributed by atoms with Crippen LogP contribution in [0.5, 0.6) is 0 Å². The first-order chi connectivity index (χ1) is 14.7. The van der Waals surface area contributed by atoms with Crippen molar-refractivity contribution in [3.8, 4) is 5.69 Å². The largest absolute Gasteiger partial charge is 0.368 e. The van der Waals surface area contributed by atoms with E-state index in [1.165, 1.54) is 0 Å². The lowest BCUT2D eigenvalue weighted by atomic mass is 10.1. The van der Waals surface area contributed by atoms with E-state index in [1.807, 2.05) is 58.2 Å². The topological polar surface area (TPSA) is 69.4 Å². The molecule has 0 spiro atoms. The van der Waals surface area contributed by atoms with Gasteiger partial charge in [-0.3, -0.25) is 19.3 Å². The number of para-hydroxylation sites is 1. The molecule has 2 aliphatic heterocycles. The lowest BCUT2D eigenvalue weighted by Gasteiger charge is -2.29. The van der Waals surface area contributed by atoms with Crippen LogP contribution in [0.2, 0.25) is 0 Å². The van der Waals surface area contributed by atoms with Crippen LogP contribution in [-0.2, 0) is 29.0 Å². The summed E-state index contributed by atoms with van der Waals surface area (Å²) in [4.78, 5) is 32.4. The molecule has 154 valence electrons. The number of nitrogens with zero attached hydrogens (tertiary/aromatic N) is 4. The second kappa shape index (κ2) is 7.91. The molecule has 7 heteroatoms. The summed E-state index contributed by atoms with van der Waals surface area (Å²) >= 11 is 0. The van der Waals surface area contributed by atoms with Crippen molar-refractivity contribution in [2.24, 2.45) is 0 Å². The van der Waals surface area contributed by atoms with Gasteiger partial charge in [0.05, 0.1) is 24.5 Å². The Labute approximate surface area is 174 Å². The van der Waals surface area contributed by atoms with Crippen LogP contribution in [0, 0.1) is 0 Å². The fraction of sp³-hybridized carbons (Fsp3) is 0.348. The minimum Gasteiger partial charge on any atom is -0.368 e. The van der Waals surface area contributed by atoms with E-state index in [0.717, 1.165) is 35.3 Å². The van der Waals surface area contributed by atoms with Gasteiger partial charge in [0.15, 0.2) is 0 Å². The van der Waals surface area contributed by atoms with Crippen molar-refractivity contribution < 1.29 is 9.53 Å². The maximum atomic E-state index is 13.4. The molecule has 5 rings (SSSR count). The first-order valence-electron chi connectivity index (χ1n) is 10.4. The molecule has 1 fully saturated rings. The van der Waals surface area contributed by atoms with Crippen LogP contribution >= 0.6 is 0 Å². The molecule has 3 aromatic rings. The van der Waals surface area contributed by atoms with Crippen LogP contribution in [0.25, 0.3) is 5.69 Å². The van der Waals surface area contributed by atoms with Gasteiger partial charge >= 0.3 is 0 Å². The number of benzene rings is 1. The fourth-order valence-corrected chi connectivity index (χ4v) is 4.39. The number of carbonyl (C=O) groups excluding carboxylic acids is 1. The molecule has 0 saturated carbocycles. The summed E-state index contributed by atoms with van der Waals surface area (Å²) in [6.07, 6.45) is 5.45.